The molecule has 2 aromatic carbocycles. The zero-order chi connectivity index (χ0) is 28.9. The highest BCUT2D eigenvalue weighted by Gasteiger charge is 2.53. The topological polar surface area (TPSA) is 78.4 Å². The van der Waals surface area contributed by atoms with E-state index in [9.17, 15) is 12.8 Å². The second-order valence-corrected chi connectivity index (χ2v) is 13.5. The molecule has 11 heteroatoms. The fraction of sp³-hybridized carbons (Fsp3) is 0.414. The van der Waals surface area contributed by atoms with Crippen LogP contribution in [0.5, 0.6) is 0 Å². The van der Waals surface area contributed by atoms with E-state index in [1.54, 1.807) is 18.2 Å². The number of rotatable bonds is 7. The van der Waals surface area contributed by atoms with Crippen LogP contribution in [-0.4, -0.2) is 61.3 Å². The summed E-state index contributed by atoms with van der Waals surface area (Å²) in [4.78, 5) is 13.4. The maximum absolute atomic E-state index is 13.5. The number of nitrogens with one attached hydrogen (secondary N) is 1. The van der Waals surface area contributed by atoms with E-state index < -0.39 is 15.8 Å². The van der Waals surface area contributed by atoms with Gasteiger partial charge in [-0.3, -0.25) is 4.72 Å². The van der Waals surface area contributed by atoms with Crippen LogP contribution in [0.25, 0.3) is 0 Å². The van der Waals surface area contributed by atoms with Gasteiger partial charge < -0.3 is 9.80 Å². The molecule has 1 N–H and O–H groups in total. The van der Waals surface area contributed by atoms with E-state index in [-0.39, 0.29) is 21.7 Å². The van der Waals surface area contributed by atoms with Crippen molar-refractivity contribution in [2.75, 3.05) is 29.3 Å². The van der Waals surface area contributed by atoms with Crippen molar-refractivity contribution in [3.05, 3.63) is 77.4 Å². The van der Waals surface area contributed by atoms with Gasteiger partial charge in [0, 0.05) is 25.2 Å². The Kier molecular flexibility index (Phi) is 7.41. The monoisotopic (exact) mass is 577 g/mol. The average Bonchev–Trinajstić information content (AvgIpc) is 3.67. The molecular weight excluding hydrogens is 544 g/mol. The Bertz CT molecular complexity index is 1520. The van der Waals surface area contributed by atoms with E-state index in [4.69, 9.17) is 20.1 Å². The number of piperazine rings is 1. The maximum atomic E-state index is 13.5. The Labute approximate surface area is 242 Å². The zero-order valence-corrected chi connectivity index (χ0v) is 24.8. The third kappa shape index (κ3) is 5.33. The summed E-state index contributed by atoms with van der Waals surface area (Å²) in [5.74, 6) is -0.0640. The summed E-state index contributed by atoms with van der Waals surface area (Å²) >= 11 is 6.05. The highest BCUT2D eigenvalue weighted by Crippen LogP contribution is 2.46. The summed E-state index contributed by atoms with van der Waals surface area (Å²) in [5.41, 5.74) is 2.53. The number of aromatic nitrogens is 2. The Morgan fingerprint density at radius 1 is 1.12 bits per heavy atom. The van der Waals surface area contributed by atoms with Gasteiger partial charge in [0.2, 0.25) is 5.95 Å². The van der Waals surface area contributed by atoms with Gasteiger partial charge >= 0.3 is 0 Å². The minimum Gasteiger partial charge on any atom is -0.353 e. The van der Waals surface area contributed by atoms with E-state index in [1.807, 2.05) is 52.0 Å². The fourth-order valence-electron chi connectivity index (χ4n) is 5.21. The first-order valence-corrected chi connectivity index (χ1v) is 15.3. The van der Waals surface area contributed by atoms with Gasteiger partial charge in [-0.05, 0) is 54.5 Å². The molecule has 7 nitrogen and oxygen atoms in total. The molecule has 1 unspecified atom stereocenters. The van der Waals surface area contributed by atoms with E-state index in [2.05, 4.69) is 24.5 Å². The maximum Gasteiger partial charge on any atom is 0.261 e. The lowest BCUT2D eigenvalue weighted by molar-refractivity contribution is 0.263. The highest BCUT2D eigenvalue weighted by atomic mass is 32.2. The van der Waals surface area contributed by atoms with Gasteiger partial charge in [-0.1, -0.05) is 63.1 Å². The molecule has 3 aromatic rings. The number of hydrogen-bond acceptors (Lipinski definition) is 6. The lowest BCUT2D eigenvalue weighted by Crippen LogP contribution is -2.57. The molecule has 2 heterocycles. The number of nitrogens with zero attached hydrogens (tertiary/aromatic N) is 4. The molecule has 0 amide bonds. The van der Waals surface area contributed by atoms with E-state index in [1.165, 1.54) is 12.4 Å². The van der Waals surface area contributed by atoms with Crippen molar-refractivity contribution < 1.29 is 12.8 Å². The van der Waals surface area contributed by atoms with Crippen molar-refractivity contribution in [2.45, 2.75) is 62.2 Å². The minimum atomic E-state index is -3.88. The molecule has 2 fully saturated rings. The molecule has 1 saturated carbocycles. The summed E-state index contributed by atoms with van der Waals surface area (Å²) in [5, 5.41) is 0. The van der Waals surface area contributed by atoms with Gasteiger partial charge in [0.1, 0.15) is 4.99 Å². The molecule has 1 aliphatic heterocycles. The summed E-state index contributed by atoms with van der Waals surface area (Å²) in [6.45, 7) is 9.86. The first-order chi connectivity index (χ1) is 18.8. The Hall–Kier alpha value is -3.05. The SMILES string of the molecule is [B]C(C)C(C)(C)c1ccc(S(=O)(=O)Nc2cccc(C)c2C(=S)N2CCN(c3ncc(F)cn3)CC23CC3)cc1. The first-order valence-electron chi connectivity index (χ1n) is 13.4. The Balaban J connectivity index is 1.39. The summed E-state index contributed by atoms with van der Waals surface area (Å²) in [7, 11) is 2.27. The number of anilines is 2. The van der Waals surface area contributed by atoms with Crippen LogP contribution in [-0.2, 0) is 15.4 Å². The second kappa shape index (κ2) is 10.4. The van der Waals surface area contributed by atoms with E-state index in [0.717, 1.165) is 24.0 Å². The Morgan fingerprint density at radius 2 is 1.77 bits per heavy atom. The van der Waals surface area contributed by atoms with Crippen molar-refractivity contribution >= 4 is 46.7 Å². The van der Waals surface area contributed by atoms with Crippen LogP contribution in [0.1, 0.15) is 50.3 Å². The molecule has 2 aliphatic rings. The molecule has 1 spiro atoms. The first kappa shape index (κ1) is 28.5. The fourth-order valence-corrected chi connectivity index (χ4v) is 6.84. The van der Waals surface area contributed by atoms with Crippen LogP contribution in [0.4, 0.5) is 16.0 Å². The smallest absolute Gasteiger partial charge is 0.261 e. The van der Waals surface area contributed by atoms with Gasteiger partial charge in [0.05, 0.1) is 36.4 Å². The van der Waals surface area contributed by atoms with Crippen LogP contribution in [0.3, 0.4) is 0 Å². The molecule has 2 radical (unpaired) electrons. The van der Waals surface area contributed by atoms with Crippen molar-refractivity contribution in [3.8, 4) is 0 Å². The van der Waals surface area contributed by atoms with Gasteiger partial charge in [0.15, 0.2) is 5.82 Å². The van der Waals surface area contributed by atoms with Crippen LogP contribution in [0.2, 0.25) is 5.82 Å². The quantitative estimate of drug-likeness (QED) is 0.313. The average molecular weight is 578 g/mol. The van der Waals surface area contributed by atoms with Crippen molar-refractivity contribution in [2.24, 2.45) is 0 Å². The van der Waals surface area contributed by atoms with E-state index in [0.29, 0.717) is 41.8 Å². The summed E-state index contributed by atoms with van der Waals surface area (Å²) in [6.07, 6.45) is 4.25. The number of halogens is 1. The lowest BCUT2D eigenvalue weighted by Gasteiger charge is -2.44. The van der Waals surface area contributed by atoms with Crippen LogP contribution in [0, 0.1) is 12.7 Å². The molecule has 0 bridgehead atoms. The van der Waals surface area contributed by atoms with Gasteiger partial charge in [0.25, 0.3) is 10.0 Å². The van der Waals surface area contributed by atoms with Crippen LogP contribution >= 0.6 is 12.2 Å². The largest absolute Gasteiger partial charge is 0.353 e. The van der Waals surface area contributed by atoms with Crippen LogP contribution < -0.4 is 9.62 Å². The molecule has 1 atom stereocenters. The minimum absolute atomic E-state index is 0.0937. The third-order valence-electron chi connectivity index (χ3n) is 8.39. The molecule has 1 aliphatic carbocycles. The molecule has 208 valence electrons. The van der Waals surface area contributed by atoms with Crippen molar-refractivity contribution in [3.63, 3.8) is 0 Å². The zero-order valence-electron chi connectivity index (χ0n) is 23.2. The standard InChI is InChI=1S/C29H33BFN5O2S2/c1-19-6-5-7-24(34-40(37,38)23-10-8-21(9-11-23)28(3,4)20(2)30)25(19)26(39)36-15-14-35(18-29(36)12-13-29)27-32-16-22(31)17-33-27/h5-11,16-17,20,34H,12-15,18H2,1-4H3. The number of hydrogen-bond donors (Lipinski definition) is 1. The Morgan fingerprint density at radius 3 is 2.38 bits per heavy atom. The molecular formula is C29H33BFN5O2S2. The predicted molar refractivity (Wildman–Crippen MR) is 161 cm³/mol. The number of thiocarbonyl (C=S) groups is 1. The number of aryl methyl sites for hydroxylation is 1. The summed E-state index contributed by atoms with van der Waals surface area (Å²) < 4.78 is 43.1. The predicted octanol–water partition coefficient (Wildman–Crippen LogP) is 5.01. The third-order valence-corrected chi connectivity index (χ3v) is 10.2. The van der Waals surface area contributed by atoms with Gasteiger partial charge in [-0.25, -0.2) is 22.8 Å². The van der Waals surface area contributed by atoms with Crippen molar-refractivity contribution in [1.29, 1.82) is 0 Å². The summed E-state index contributed by atoms with van der Waals surface area (Å²) in [6, 6.07) is 12.4. The lowest BCUT2D eigenvalue weighted by atomic mass is 9.65. The second-order valence-electron chi connectivity index (χ2n) is 11.4. The van der Waals surface area contributed by atoms with Crippen molar-refractivity contribution in [1.82, 2.24) is 14.9 Å². The normalized spacial score (nSPS) is 17.5. The van der Waals surface area contributed by atoms with Gasteiger partial charge in [-0.2, -0.15) is 0 Å². The van der Waals surface area contributed by atoms with E-state index >= 15 is 0 Å². The molecule has 40 heavy (non-hydrogen) atoms. The molecule has 5 rings (SSSR count). The number of sulfonamides is 1. The van der Waals surface area contributed by atoms with Gasteiger partial charge in [-0.15, -0.1) is 0 Å². The number of benzene rings is 2. The van der Waals surface area contributed by atoms with Crippen LogP contribution in [0.15, 0.2) is 59.8 Å². The molecule has 1 saturated heterocycles. The molecule has 1 aromatic heterocycles. The highest BCUT2D eigenvalue weighted by molar-refractivity contribution is 7.92.